The van der Waals surface area contributed by atoms with Gasteiger partial charge in [-0.15, -0.1) is 5.10 Å². The highest BCUT2D eigenvalue weighted by Gasteiger charge is 2.13. The minimum atomic E-state index is -0.327. The van der Waals surface area contributed by atoms with Gasteiger partial charge in [-0.05, 0) is 29.7 Å². The summed E-state index contributed by atoms with van der Waals surface area (Å²) in [6.07, 6.45) is 0. The number of nitrogens with two attached hydrogens (primary N) is 1. The van der Waals surface area contributed by atoms with E-state index in [4.69, 9.17) is 5.73 Å². The number of benzene rings is 1. The second-order valence-electron chi connectivity index (χ2n) is 2.87. The minimum absolute atomic E-state index is 0.322. The van der Waals surface area contributed by atoms with Crippen LogP contribution < -0.4 is 5.73 Å². The van der Waals surface area contributed by atoms with Gasteiger partial charge in [-0.2, -0.15) is 0 Å². The van der Waals surface area contributed by atoms with Crippen molar-refractivity contribution in [1.29, 1.82) is 0 Å². The normalized spacial score (nSPS) is 10.6. The fraction of sp³-hybridized carbons (Fsp3) is 0.111. The molecular weight excluding hydrogens is 281 g/mol. The van der Waals surface area contributed by atoms with Crippen molar-refractivity contribution in [2.45, 2.75) is 6.54 Å². The summed E-state index contributed by atoms with van der Waals surface area (Å²) < 4.78 is 18.1. The molecule has 6 heteroatoms. The summed E-state index contributed by atoms with van der Waals surface area (Å²) in [7, 11) is 0. The Balaban J connectivity index is 2.54. The predicted molar refractivity (Wildman–Crippen MR) is 60.9 cm³/mol. The third-order valence-electron chi connectivity index (χ3n) is 1.93. The van der Waals surface area contributed by atoms with Crippen molar-refractivity contribution >= 4 is 27.5 Å². The number of nitrogens with zero attached hydrogens (tertiary/aromatic N) is 2. The first-order valence-corrected chi connectivity index (χ1v) is 5.75. The highest BCUT2D eigenvalue weighted by atomic mass is 79.9. The molecule has 0 aliphatic heterocycles. The molecule has 0 unspecified atom stereocenters. The lowest BCUT2D eigenvalue weighted by Crippen LogP contribution is -1.96. The Bertz CT molecular complexity index is 486. The van der Waals surface area contributed by atoms with Crippen LogP contribution in [0.4, 0.5) is 4.39 Å². The van der Waals surface area contributed by atoms with Crippen LogP contribution in [0.15, 0.2) is 22.7 Å². The molecule has 0 amide bonds. The maximum absolute atomic E-state index is 13.6. The van der Waals surface area contributed by atoms with Gasteiger partial charge < -0.3 is 5.73 Å². The predicted octanol–water partition coefficient (Wildman–Crippen LogP) is 2.57. The first kappa shape index (κ1) is 10.7. The van der Waals surface area contributed by atoms with Crippen molar-refractivity contribution < 1.29 is 4.39 Å². The Labute approximate surface area is 98.4 Å². The molecule has 0 fully saturated rings. The van der Waals surface area contributed by atoms with Gasteiger partial charge in [0.25, 0.3) is 0 Å². The van der Waals surface area contributed by atoms with E-state index in [0.29, 0.717) is 22.3 Å². The van der Waals surface area contributed by atoms with Crippen molar-refractivity contribution in [3.05, 3.63) is 33.4 Å². The lowest BCUT2D eigenvalue weighted by molar-refractivity contribution is 0.629. The number of hydrogen-bond donors (Lipinski definition) is 1. The van der Waals surface area contributed by atoms with E-state index < -0.39 is 0 Å². The molecule has 2 aromatic rings. The lowest BCUT2D eigenvalue weighted by Gasteiger charge is -2.01. The summed E-state index contributed by atoms with van der Waals surface area (Å²) in [4.78, 5) is 0.788. The molecule has 0 aliphatic rings. The zero-order valence-electron chi connectivity index (χ0n) is 7.58. The van der Waals surface area contributed by atoms with Crippen molar-refractivity contribution in [3.8, 4) is 11.3 Å². The molecular formula is C9H7BrFN3S. The fourth-order valence-electron chi connectivity index (χ4n) is 1.23. The van der Waals surface area contributed by atoms with E-state index in [1.54, 1.807) is 12.1 Å². The minimum Gasteiger partial charge on any atom is -0.326 e. The van der Waals surface area contributed by atoms with Crippen molar-refractivity contribution in [2.75, 3.05) is 0 Å². The third-order valence-corrected chi connectivity index (χ3v) is 3.16. The van der Waals surface area contributed by atoms with Gasteiger partial charge in [0, 0.05) is 16.6 Å². The van der Waals surface area contributed by atoms with Crippen molar-refractivity contribution in [3.63, 3.8) is 0 Å². The molecule has 78 valence electrons. The number of rotatable bonds is 2. The van der Waals surface area contributed by atoms with Crippen LogP contribution in [0, 0.1) is 5.82 Å². The van der Waals surface area contributed by atoms with Crippen LogP contribution >= 0.6 is 27.5 Å². The van der Waals surface area contributed by atoms with E-state index in [0.717, 1.165) is 4.88 Å². The number of aromatic nitrogens is 2. The molecule has 3 nitrogen and oxygen atoms in total. The van der Waals surface area contributed by atoms with Crippen LogP contribution in [0.3, 0.4) is 0 Å². The van der Waals surface area contributed by atoms with Crippen molar-refractivity contribution in [1.82, 2.24) is 9.59 Å². The van der Waals surface area contributed by atoms with Crippen LogP contribution in [0.5, 0.6) is 0 Å². The maximum Gasteiger partial charge on any atom is 0.133 e. The zero-order chi connectivity index (χ0) is 10.8. The zero-order valence-corrected chi connectivity index (χ0v) is 9.98. The third kappa shape index (κ3) is 2.06. The van der Waals surface area contributed by atoms with Crippen molar-refractivity contribution in [2.24, 2.45) is 5.73 Å². The summed E-state index contributed by atoms with van der Waals surface area (Å²) in [5, 5.41) is 3.88. The summed E-state index contributed by atoms with van der Waals surface area (Å²) in [6.45, 7) is 0.322. The second-order valence-corrected chi connectivity index (χ2v) is 4.63. The first-order valence-electron chi connectivity index (χ1n) is 4.19. The summed E-state index contributed by atoms with van der Waals surface area (Å²) in [5.41, 5.74) is 6.48. The van der Waals surface area contributed by atoms with Gasteiger partial charge in [0.2, 0.25) is 0 Å². The molecule has 0 saturated carbocycles. The van der Waals surface area contributed by atoms with Gasteiger partial charge in [-0.3, -0.25) is 0 Å². The van der Waals surface area contributed by atoms with Crippen LogP contribution in [0.25, 0.3) is 11.3 Å². The average molecular weight is 288 g/mol. The van der Waals surface area contributed by atoms with Gasteiger partial charge in [0.05, 0.1) is 4.88 Å². The molecule has 1 heterocycles. The monoisotopic (exact) mass is 287 g/mol. The molecule has 0 bridgehead atoms. The fourth-order valence-corrected chi connectivity index (χ4v) is 2.10. The standard InChI is InChI=1S/C9H7BrFN3S/c10-5-1-2-6(7(11)3-5)9-8(4-12)15-14-13-9/h1-3H,4,12H2. The summed E-state index contributed by atoms with van der Waals surface area (Å²) >= 11 is 4.39. The molecule has 1 aromatic carbocycles. The Kier molecular flexibility index (Phi) is 3.08. The van der Waals surface area contributed by atoms with Crippen LogP contribution in [0.2, 0.25) is 0 Å². The Morgan fingerprint density at radius 3 is 2.93 bits per heavy atom. The molecule has 2 rings (SSSR count). The Hall–Kier alpha value is -0.850. The van der Waals surface area contributed by atoms with Crippen LogP contribution in [0.1, 0.15) is 4.88 Å². The van der Waals surface area contributed by atoms with Gasteiger partial charge >= 0.3 is 0 Å². The largest absolute Gasteiger partial charge is 0.326 e. The van der Waals surface area contributed by atoms with Crippen LogP contribution in [-0.2, 0) is 6.54 Å². The summed E-state index contributed by atoms with van der Waals surface area (Å²) in [6, 6.07) is 4.82. The van der Waals surface area contributed by atoms with Gasteiger partial charge in [-0.25, -0.2) is 4.39 Å². The number of hydrogen-bond acceptors (Lipinski definition) is 4. The topological polar surface area (TPSA) is 51.8 Å². The summed E-state index contributed by atoms with van der Waals surface area (Å²) in [5.74, 6) is -0.327. The average Bonchev–Trinajstić information content (AvgIpc) is 2.65. The van der Waals surface area contributed by atoms with E-state index in [-0.39, 0.29) is 5.82 Å². The van der Waals surface area contributed by atoms with E-state index in [1.165, 1.54) is 17.6 Å². The smallest absolute Gasteiger partial charge is 0.133 e. The molecule has 1 aromatic heterocycles. The lowest BCUT2D eigenvalue weighted by atomic mass is 10.1. The van der Waals surface area contributed by atoms with Crippen LogP contribution in [-0.4, -0.2) is 9.59 Å². The maximum atomic E-state index is 13.6. The van der Waals surface area contributed by atoms with E-state index in [1.807, 2.05) is 0 Å². The second kappa shape index (κ2) is 4.34. The molecule has 2 N–H and O–H groups in total. The molecule has 0 atom stereocenters. The highest BCUT2D eigenvalue weighted by molar-refractivity contribution is 9.10. The molecule has 0 spiro atoms. The van der Waals surface area contributed by atoms with E-state index in [2.05, 4.69) is 25.5 Å². The first-order chi connectivity index (χ1) is 7.22. The quantitative estimate of drug-likeness (QED) is 0.924. The number of halogens is 2. The van der Waals surface area contributed by atoms with E-state index in [9.17, 15) is 4.39 Å². The van der Waals surface area contributed by atoms with E-state index >= 15 is 0 Å². The molecule has 0 aliphatic carbocycles. The highest BCUT2D eigenvalue weighted by Crippen LogP contribution is 2.27. The van der Waals surface area contributed by atoms with Gasteiger partial charge in [0.15, 0.2) is 0 Å². The SMILES string of the molecule is NCc1snnc1-c1ccc(Br)cc1F. The molecule has 0 radical (unpaired) electrons. The Morgan fingerprint density at radius 1 is 1.47 bits per heavy atom. The Morgan fingerprint density at radius 2 is 2.27 bits per heavy atom. The van der Waals surface area contributed by atoms with Gasteiger partial charge in [-0.1, -0.05) is 20.4 Å². The van der Waals surface area contributed by atoms with Gasteiger partial charge in [0.1, 0.15) is 11.5 Å². The molecule has 0 saturated heterocycles. The molecule has 15 heavy (non-hydrogen) atoms.